The molecule has 0 fully saturated rings. The van der Waals surface area contributed by atoms with E-state index in [2.05, 4.69) is 27.8 Å². The van der Waals surface area contributed by atoms with Gasteiger partial charge in [-0.25, -0.2) is 9.59 Å². The lowest BCUT2D eigenvalue weighted by Crippen LogP contribution is -2.28. The first-order valence-corrected chi connectivity index (χ1v) is 11.8. The number of anilines is 1. The van der Waals surface area contributed by atoms with Gasteiger partial charge in [-0.3, -0.25) is 14.5 Å². The van der Waals surface area contributed by atoms with Gasteiger partial charge >= 0.3 is 11.9 Å². The van der Waals surface area contributed by atoms with E-state index < -0.39 is 11.9 Å². The van der Waals surface area contributed by atoms with Crippen molar-refractivity contribution in [3.05, 3.63) is 101 Å². The average molecular weight is 536 g/mol. The highest BCUT2D eigenvalue weighted by Gasteiger charge is 2.13. The summed E-state index contributed by atoms with van der Waals surface area (Å²) in [5, 5.41) is 26.3. The topological polar surface area (TPSA) is 146 Å². The number of halogens is 1. The van der Waals surface area contributed by atoms with Crippen LogP contribution in [0, 0.1) is 6.92 Å². The second-order valence-corrected chi connectivity index (χ2v) is 8.51. The fraction of sp³-hybridized carbons (Fsp3) is 0.148. The number of nitrogens with one attached hydrogen (secondary N) is 2. The Bertz CT molecular complexity index is 1380. The highest BCUT2D eigenvalue weighted by atomic mass is 35.5. The van der Waals surface area contributed by atoms with Crippen molar-refractivity contribution in [3.63, 3.8) is 0 Å². The first kappa shape index (κ1) is 28.0. The number of aliphatic carboxylic acids is 2. The van der Waals surface area contributed by atoms with Gasteiger partial charge in [0.05, 0.1) is 18.8 Å². The van der Waals surface area contributed by atoms with Crippen LogP contribution in [0.15, 0.2) is 79.3 Å². The molecule has 0 bridgehead atoms. The molecular weight excluding hydrogens is 510 g/mol. The largest absolute Gasteiger partial charge is 0.473 e. The molecule has 0 atom stereocenters. The van der Waals surface area contributed by atoms with Gasteiger partial charge in [0, 0.05) is 47.0 Å². The third kappa shape index (κ3) is 8.26. The van der Waals surface area contributed by atoms with E-state index in [4.69, 9.17) is 36.5 Å². The lowest BCUT2D eigenvalue weighted by molar-refractivity contribution is -0.159. The van der Waals surface area contributed by atoms with Crippen LogP contribution in [0.3, 0.4) is 0 Å². The number of aromatic nitrogens is 3. The molecule has 10 nitrogen and oxygen atoms in total. The van der Waals surface area contributed by atoms with Crippen molar-refractivity contribution in [2.45, 2.75) is 20.0 Å². The standard InChI is InChI=1S/C25H24ClN5O.C2H2O4/c1-18-22(26)10-5-11-23(18)29-24(32)15-28-14-21-17-31(16-19-7-3-2-4-8-19)30-25(21)20-9-6-12-27-13-20;3-1(4)2(5)6/h2-13,17,28H,14-16H2,1H3,(H,29,32);(H,3,4)(H,5,6). The summed E-state index contributed by atoms with van der Waals surface area (Å²) in [5.41, 5.74) is 5.53. The molecule has 0 radical (unpaired) electrons. The van der Waals surface area contributed by atoms with Gasteiger partial charge in [0.1, 0.15) is 0 Å². The lowest BCUT2D eigenvalue weighted by atomic mass is 10.1. The van der Waals surface area contributed by atoms with Crippen molar-refractivity contribution >= 4 is 35.1 Å². The smallest absolute Gasteiger partial charge is 0.414 e. The van der Waals surface area contributed by atoms with E-state index in [0.717, 1.165) is 28.1 Å². The molecule has 2 aromatic heterocycles. The maximum Gasteiger partial charge on any atom is 0.414 e. The van der Waals surface area contributed by atoms with E-state index in [1.807, 2.05) is 60.3 Å². The Hall–Kier alpha value is -4.54. The summed E-state index contributed by atoms with van der Waals surface area (Å²) in [5.74, 6) is -3.78. The summed E-state index contributed by atoms with van der Waals surface area (Å²) in [6, 6.07) is 19.5. The molecule has 11 heteroatoms. The monoisotopic (exact) mass is 535 g/mol. The van der Waals surface area contributed by atoms with E-state index in [9.17, 15) is 4.79 Å². The number of carbonyl (C=O) groups is 3. The molecule has 2 aromatic carbocycles. The number of rotatable bonds is 8. The molecule has 0 spiro atoms. The number of carboxylic acids is 2. The summed E-state index contributed by atoms with van der Waals surface area (Å²) < 4.78 is 1.92. The van der Waals surface area contributed by atoms with Crippen LogP contribution < -0.4 is 10.6 Å². The van der Waals surface area contributed by atoms with Crippen molar-refractivity contribution in [1.82, 2.24) is 20.1 Å². The Labute approximate surface area is 223 Å². The molecule has 0 unspecified atom stereocenters. The molecule has 0 aliphatic carbocycles. The molecule has 0 aliphatic rings. The molecular formula is C27H26ClN5O5. The average Bonchev–Trinajstić information content (AvgIpc) is 3.30. The maximum absolute atomic E-state index is 12.4. The number of hydrogen-bond donors (Lipinski definition) is 4. The zero-order valence-corrected chi connectivity index (χ0v) is 21.2. The number of benzene rings is 2. The molecule has 0 aliphatic heterocycles. The van der Waals surface area contributed by atoms with Gasteiger partial charge in [-0.1, -0.05) is 48.0 Å². The fourth-order valence-electron chi connectivity index (χ4n) is 3.44. The number of nitrogens with zero attached hydrogens (tertiary/aromatic N) is 3. The summed E-state index contributed by atoms with van der Waals surface area (Å²) in [6.07, 6.45) is 5.55. The summed E-state index contributed by atoms with van der Waals surface area (Å²) in [6.45, 7) is 3.22. The van der Waals surface area contributed by atoms with E-state index in [1.165, 1.54) is 5.56 Å². The zero-order valence-electron chi connectivity index (χ0n) is 20.5. The Kier molecular flexibility index (Phi) is 10.1. The molecule has 196 valence electrons. The SMILES string of the molecule is Cc1c(Cl)cccc1NC(=O)CNCc1cn(Cc2ccccc2)nc1-c1cccnc1.O=C(O)C(=O)O. The van der Waals surface area contributed by atoms with Crippen molar-refractivity contribution in [2.24, 2.45) is 0 Å². The maximum atomic E-state index is 12.4. The van der Waals surface area contributed by atoms with Gasteiger partial charge in [0.25, 0.3) is 0 Å². The number of pyridine rings is 1. The first-order chi connectivity index (χ1) is 18.2. The minimum atomic E-state index is -1.82. The Morgan fingerprint density at radius 3 is 2.37 bits per heavy atom. The molecule has 4 rings (SSSR count). The third-order valence-corrected chi connectivity index (χ3v) is 5.70. The van der Waals surface area contributed by atoms with Gasteiger partial charge in [-0.2, -0.15) is 5.10 Å². The van der Waals surface area contributed by atoms with E-state index in [-0.39, 0.29) is 12.5 Å². The van der Waals surface area contributed by atoms with Gasteiger partial charge < -0.3 is 20.8 Å². The molecule has 1 amide bonds. The van der Waals surface area contributed by atoms with Crippen LogP contribution in [0.1, 0.15) is 16.7 Å². The normalized spacial score (nSPS) is 10.3. The molecule has 4 aromatic rings. The summed E-state index contributed by atoms with van der Waals surface area (Å²) in [7, 11) is 0. The van der Waals surface area contributed by atoms with Gasteiger partial charge in [0.15, 0.2) is 0 Å². The van der Waals surface area contributed by atoms with Crippen molar-refractivity contribution in [3.8, 4) is 11.3 Å². The van der Waals surface area contributed by atoms with Gasteiger partial charge in [0.2, 0.25) is 5.91 Å². The second kappa shape index (κ2) is 13.7. The minimum Gasteiger partial charge on any atom is -0.473 e. The molecule has 2 heterocycles. The highest BCUT2D eigenvalue weighted by Crippen LogP contribution is 2.23. The van der Waals surface area contributed by atoms with Crippen molar-refractivity contribution < 1.29 is 24.6 Å². The van der Waals surface area contributed by atoms with E-state index >= 15 is 0 Å². The number of carboxylic acid groups (broad SMARTS) is 2. The predicted octanol–water partition coefficient (Wildman–Crippen LogP) is 3.84. The van der Waals surface area contributed by atoms with Crippen LogP contribution in [0.4, 0.5) is 5.69 Å². The van der Waals surface area contributed by atoms with Gasteiger partial charge in [-0.05, 0) is 42.3 Å². The van der Waals surface area contributed by atoms with Crippen molar-refractivity contribution in [2.75, 3.05) is 11.9 Å². The van der Waals surface area contributed by atoms with Crippen LogP contribution in [0.5, 0.6) is 0 Å². The van der Waals surface area contributed by atoms with Gasteiger partial charge in [-0.15, -0.1) is 0 Å². The van der Waals surface area contributed by atoms with Crippen molar-refractivity contribution in [1.29, 1.82) is 0 Å². The van der Waals surface area contributed by atoms with Crippen LogP contribution in [-0.2, 0) is 27.5 Å². The Balaban J connectivity index is 0.000000599. The molecule has 4 N–H and O–H groups in total. The number of amides is 1. The summed E-state index contributed by atoms with van der Waals surface area (Å²) in [4.78, 5) is 34.8. The highest BCUT2D eigenvalue weighted by molar-refractivity contribution is 6.31. The minimum absolute atomic E-state index is 0.130. The Morgan fingerprint density at radius 2 is 1.71 bits per heavy atom. The predicted molar refractivity (Wildman–Crippen MR) is 143 cm³/mol. The van der Waals surface area contributed by atoms with Crippen LogP contribution in [0.2, 0.25) is 5.02 Å². The quantitative estimate of drug-likeness (QED) is 0.249. The Morgan fingerprint density at radius 1 is 0.974 bits per heavy atom. The van der Waals surface area contributed by atoms with Crippen LogP contribution >= 0.6 is 11.6 Å². The fourth-order valence-corrected chi connectivity index (χ4v) is 3.61. The third-order valence-electron chi connectivity index (χ3n) is 5.29. The van der Waals surface area contributed by atoms with Crippen LogP contribution in [0.25, 0.3) is 11.3 Å². The summed E-state index contributed by atoms with van der Waals surface area (Å²) >= 11 is 6.14. The molecule has 38 heavy (non-hydrogen) atoms. The number of hydrogen-bond acceptors (Lipinski definition) is 6. The van der Waals surface area contributed by atoms with Crippen LogP contribution in [-0.4, -0.2) is 49.4 Å². The zero-order chi connectivity index (χ0) is 27.5. The molecule has 0 saturated heterocycles. The second-order valence-electron chi connectivity index (χ2n) is 8.10. The van der Waals surface area contributed by atoms with E-state index in [1.54, 1.807) is 18.5 Å². The van der Waals surface area contributed by atoms with E-state index in [0.29, 0.717) is 18.1 Å². The molecule has 0 saturated carbocycles. The first-order valence-electron chi connectivity index (χ1n) is 11.5. The lowest BCUT2D eigenvalue weighted by Gasteiger charge is -2.10. The number of carbonyl (C=O) groups excluding carboxylic acids is 1.